The van der Waals surface area contributed by atoms with Crippen LogP contribution in [-0.4, -0.2) is 47.3 Å². The van der Waals surface area contributed by atoms with Gasteiger partial charge in [-0.2, -0.15) is 0 Å². The van der Waals surface area contributed by atoms with E-state index in [0.717, 1.165) is 0 Å². The highest BCUT2D eigenvalue weighted by molar-refractivity contribution is 5.83. The average molecular weight is 275 g/mol. The van der Waals surface area contributed by atoms with E-state index >= 15 is 0 Å². The van der Waals surface area contributed by atoms with Gasteiger partial charge in [-0.3, -0.25) is 9.59 Å². The van der Waals surface area contributed by atoms with Crippen LogP contribution in [0.25, 0.3) is 0 Å². The molecule has 0 aliphatic heterocycles. The Hall–Kier alpha value is -1.63. The summed E-state index contributed by atoms with van der Waals surface area (Å²) in [5, 5.41) is 19.8. The maximum absolute atomic E-state index is 11.5. The van der Waals surface area contributed by atoms with Crippen molar-refractivity contribution in [2.75, 3.05) is 7.11 Å². The molecule has 0 fully saturated rings. The van der Waals surface area contributed by atoms with Crippen LogP contribution in [0.4, 0.5) is 0 Å². The Morgan fingerprint density at radius 3 is 2.26 bits per heavy atom. The molecule has 0 aromatic rings. The van der Waals surface area contributed by atoms with E-state index < -0.39 is 18.0 Å². The quantitative estimate of drug-likeness (QED) is 0.539. The SMILES string of the molecule is COC(C)CCC(=O)N[C@H](CCCC(=O)O)C(=O)O. The molecule has 0 aromatic heterocycles. The van der Waals surface area contributed by atoms with Crippen molar-refractivity contribution in [3.63, 3.8) is 0 Å². The van der Waals surface area contributed by atoms with Crippen LogP contribution in [0.3, 0.4) is 0 Å². The zero-order chi connectivity index (χ0) is 14.8. The molecule has 7 heteroatoms. The monoisotopic (exact) mass is 275 g/mol. The predicted molar refractivity (Wildman–Crippen MR) is 66.8 cm³/mol. The molecule has 0 radical (unpaired) electrons. The minimum atomic E-state index is -1.15. The molecule has 0 heterocycles. The molecule has 110 valence electrons. The van der Waals surface area contributed by atoms with Crippen molar-refractivity contribution in [3.05, 3.63) is 0 Å². The van der Waals surface area contributed by atoms with Gasteiger partial charge in [0.15, 0.2) is 0 Å². The summed E-state index contributed by atoms with van der Waals surface area (Å²) >= 11 is 0. The maximum atomic E-state index is 11.5. The van der Waals surface area contributed by atoms with E-state index in [9.17, 15) is 14.4 Å². The Labute approximate surface area is 111 Å². The first-order valence-corrected chi connectivity index (χ1v) is 6.13. The van der Waals surface area contributed by atoms with E-state index in [1.165, 1.54) is 7.11 Å². The standard InChI is InChI=1S/C12H21NO6/c1-8(19-2)6-7-10(14)13-9(12(17)18)4-3-5-11(15)16/h8-9H,3-7H2,1-2H3,(H,13,14)(H,15,16)(H,17,18)/t8?,9-/m1/s1. The van der Waals surface area contributed by atoms with Gasteiger partial charge in [0.1, 0.15) is 6.04 Å². The third-order valence-electron chi connectivity index (χ3n) is 2.70. The summed E-state index contributed by atoms with van der Waals surface area (Å²) in [5.41, 5.74) is 0. The van der Waals surface area contributed by atoms with E-state index in [4.69, 9.17) is 14.9 Å². The second kappa shape index (κ2) is 9.32. The molecule has 0 aliphatic carbocycles. The van der Waals surface area contributed by atoms with Crippen molar-refractivity contribution >= 4 is 17.8 Å². The van der Waals surface area contributed by atoms with Gasteiger partial charge in [0, 0.05) is 20.0 Å². The lowest BCUT2D eigenvalue weighted by atomic mass is 10.1. The van der Waals surface area contributed by atoms with Crippen molar-refractivity contribution in [2.45, 2.75) is 51.2 Å². The van der Waals surface area contributed by atoms with Crippen molar-refractivity contribution < 1.29 is 29.3 Å². The molecule has 7 nitrogen and oxygen atoms in total. The highest BCUT2D eigenvalue weighted by atomic mass is 16.5. The predicted octanol–water partition coefficient (Wildman–Crippen LogP) is 0.626. The third kappa shape index (κ3) is 9.01. The molecule has 0 bridgehead atoms. The molecular formula is C12H21NO6. The summed E-state index contributed by atoms with van der Waals surface area (Å²) in [6.07, 6.45) is 0.817. The first kappa shape index (κ1) is 17.4. The lowest BCUT2D eigenvalue weighted by Gasteiger charge is -2.15. The number of carboxylic acids is 2. The van der Waals surface area contributed by atoms with E-state index in [0.29, 0.717) is 6.42 Å². The number of hydrogen-bond acceptors (Lipinski definition) is 4. The van der Waals surface area contributed by atoms with Crippen molar-refractivity contribution in [1.29, 1.82) is 0 Å². The molecule has 3 N–H and O–H groups in total. The molecule has 1 unspecified atom stereocenters. The second-order valence-corrected chi connectivity index (χ2v) is 4.33. The zero-order valence-electron chi connectivity index (χ0n) is 11.2. The minimum absolute atomic E-state index is 0.0685. The number of carbonyl (C=O) groups is 3. The average Bonchev–Trinajstić information content (AvgIpc) is 2.34. The van der Waals surface area contributed by atoms with Crippen LogP contribution >= 0.6 is 0 Å². The number of carbonyl (C=O) groups excluding carboxylic acids is 1. The highest BCUT2D eigenvalue weighted by Gasteiger charge is 2.20. The van der Waals surface area contributed by atoms with Gasteiger partial charge < -0.3 is 20.3 Å². The largest absolute Gasteiger partial charge is 0.481 e. The lowest BCUT2D eigenvalue weighted by Crippen LogP contribution is -2.41. The first-order chi connectivity index (χ1) is 8.86. The number of carboxylic acid groups (broad SMARTS) is 2. The topological polar surface area (TPSA) is 113 Å². The summed E-state index contributed by atoms with van der Waals surface area (Å²) < 4.78 is 4.98. The summed E-state index contributed by atoms with van der Waals surface area (Å²) in [7, 11) is 1.54. The van der Waals surface area contributed by atoms with Gasteiger partial charge in [-0.1, -0.05) is 0 Å². The van der Waals surface area contributed by atoms with Gasteiger partial charge in [0.25, 0.3) is 0 Å². The van der Waals surface area contributed by atoms with Crippen molar-refractivity contribution in [1.82, 2.24) is 5.32 Å². The Morgan fingerprint density at radius 1 is 1.16 bits per heavy atom. The van der Waals surface area contributed by atoms with E-state index in [2.05, 4.69) is 5.32 Å². The number of hydrogen-bond donors (Lipinski definition) is 3. The molecule has 0 aliphatic rings. The van der Waals surface area contributed by atoms with Crippen LogP contribution in [0.15, 0.2) is 0 Å². The Morgan fingerprint density at radius 2 is 1.79 bits per heavy atom. The summed E-state index contributed by atoms with van der Waals surface area (Å²) in [5.74, 6) is -2.51. The van der Waals surface area contributed by atoms with Crippen molar-refractivity contribution in [3.8, 4) is 0 Å². The normalized spacial score (nSPS) is 13.6. The van der Waals surface area contributed by atoms with Gasteiger partial charge >= 0.3 is 11.9 Å². The molecule has 0 rings (SSSR count). The van der Waals surface area contributed by atoms with Gasteiger partial charge in [-0.25, -0.2) is 4.79 Å². The first-order valence-electron chi connectivity index (χ1n) is 6.13. The van der Waals surface area contributed by atoms with Gasteiger partial charge in [0.05, 0.1) is 6.10 Å². The van der Waals surface area contributed by atoms with Crippen LogP contribution in [0.2, 0.25) is 0 Å². The van der Waals surface area contributed by atoms with E-state index in [-0.39, 0.29) is 37.7 Å². The summed E-state index contributed by atoms with van der Waals surface area (Å²) in [6.45, 7) is 1.81. The number of ether oxygens (including phenoxy) is 1. The van der Waals surface area contributed by atoms with Gasteiger partial charge in [-0.05, 0) is 26.2 Å². The number of rotatable bonds is 10. The number of amides is 1. The molecule has 19 heavy (non-hydrogen) atoms. The number of aliphatic carboxylic acids is 2. The Kier molecular flexibility index (Phi) is 8.52. The fourth-order valence-corrected chi connectivity index (χ4v) is 1.43. The zero-order valence-corrected chi connectivity index (χ0v) is 11.2. The molecule has 2 atom stereocenters. The Balaban J connectivity index is 4.08. The summed E-state index contributed by atoms with van der Waals surface area (Å²) in [6, 6.07) is -1.04. The lowest BCUT2D eigenvalue weighted by molar-refractivity contribution is -0.142. The fourth-order valence-electron chi connectivity index (χ4n) is 1.43. The van der Waals surface area contributed by atoms with Gasteiger partial charge in [-0.15, -0.1) is 0 Å². The smallest absolute Gasteiger partial charge is 0.326 e. The minimum Gasteiger partial charge on any atom is -0.481 e. The molecule has 1 amide bonds. The van der Waals surface area contributed by atoms with Crippen LogP contribution < -0.4 is 5.32 Å². The molecular weight excluding hydrogens is 254 g/mol. The molecule has 0 saturated carbocycles. The third-order valence-corrected chi connectivity index (χ3v) is 2.70. The van der Waals surface area contributed by atoms with Crippen LogP contribution in [0.5, 0.6) is 0 Å². The molecule has 0 aromatic carbocycles. The second-order valence-electron chi connectivity index (χ2n) is 4.33. The number of methoxy groups -OCH3 is 1. The van der Waals surface area contributed by atoms with Gasteiger partial charge in [0.2, 0.25) is 5.91 Å². The molecule has 0 spiro atoms. The Bertz CT molecular complexity index is 317. The van der Waals surface area contributed by atoms with Crippen LogP contribution in [0.1, 0.15) is 39.0 Å². The number of nitrogens with one attached hydrogen (secondary N) is 1. The maximum Gasteiger partial charge on any atom is 0.326 e. The van der Waals surface area contributed by atoms with Crippen LogP contribution in [0, 0.1) is 0 Å². The highest BCUT2D eigenvalue weighted by Crippen LogP contribution is 2.04. The molecule has 0 saturated heterocycles. The summed E-state index contributed by atoms with van der Waals surface area (Å²) in [4.78, 5) is 32.8. The van der Waals surface area contributed by atoms with E-state index in [1.54, 1.807) is 0 Å². The van der Waals surface area contributed by atoms with Crippen molar-refractivity contribution in [2.24, 2.45) is 0 Å². The van der Waals surface area contributed by atoms with Crippen LogP contribution in [-0.2, 0) is 19.1 Å². The van der Waals surface area contributed by atoms with E-state index in [1.807, 2.05) is 6.92 Å². The fraction of sp³-hybridized carbons (Fsp3) is 0.750.